The van der Waals surface area contributed by atoms with Crippen LogP contribution in [0.2, 0.25) is 0 Å². The van der Waals surface area contributed by atoms with E-state index < -0.39 is 17.5 Å². The molecule has 5 rings (SSSR count). The summed E-state index contributed by atoms with van der Waals surface area (Å²) in [5.41, 5.74) is 1.34. The van der Waals surface area contributed by atoms with Crippen molar-refractivity contribution in [2.75, 3.05) is 0 Å². The molecular formula is C19H15N7O3. The minimum absolute atomic E-state index is 0.0539. The van der Waals surface area contributed by atoms with Gasteiger partial charge in [-0.2, -0.15) is 0 Å². The summed E-state index contributed by atoms with van der Waals surface area (Å²) < 4.78 is 7.13. The van der Waals surface area contributed by atoms with E-state index in [1.54, 1.807) is 37.3 Å². The monoisotopic (exact) mass is 389 g/mol. The van der Waals surface area contributed by atoms with Crippen molar-refractivity contribution in [2.45, 2.75) is 19.0 Å². The van der Waals surface area contributed by atoms with Crippen LogP contribution in [0.15, 0.2) is 59.3 Å². The predicted octanol–water partition coefficient (Wildman–Crippen LogP) is 1.77. The van der Waals surface area contributed by atoms with Gasteiger partial charge in [0.05, 0.1) is 5.69 Å². The number of fused-ring (bicyclic) bond motifs is 1. The number of carbonyl (C=O) groups is 2. The lowest BCUT2D eigenvalue weighted by molar-refractivity contribution is -0.131. The number of benzene rings is 2. The van der Waals surface area contributed by atoms with Crippen LogP contribution in [0.25, 0.3) is 16.8 Å². The second kappa shape index (κ2) is 6.23. The Bertz CT molecular complexity index is 1200. The fourth-order valence-electron chi connectivity index (χ4n) is 3.40. The van der Waals surface area contributed by atoms with E-state index in [1.807, 2.05) is 18.2 Å². The number of nitrogens with one attached hydrogen (secondary N) is 1. The molecule has 0 saturated carbocycles. The first kappa shape index (κ1) is 17.0. The molecule has 1 fully saturated rings. The van der Waals surface area contributed by atoms with Crippen LogP contribution in [-0.4, -0.2) is 42.0 Å². The third-order valence-electron chi connectivity index (χ3n) is 4.94. The number of aromatic nitrogens is 5. The quantitative estimate of drug-likeness (QED) is 0.528. The molecule has 1 aliphatic heterocycles. The molecule has 0 radical (unpaired) electrons. The fraction of sp³-hybridized carbons (Fsp3) is 0.158. The molecule has 4 aromatic rings. The zero-order valence-electron chi connectivity index (χ0n) is 15.3. The highest BCUT2D eigenvalue weighted by atomic mass is 16.3. The van der Waals surface area contributed by atoms with Gasteiger partial charge in [0.25, 0.3) is 5.91 Å². The zero-order valence-corrected chi connectivity index (χ0v) is 15.3. The van der Waals surface area contributed by atoms with Gasteiger partial charge >= 0.3 is 6.03 Å². The van der Waals surface area contributed by atoms with E-state index in [0.29, 0.717) is 28.2 Å². The average molecular weight is 389 g/mol. The molecule has 0 unspecified atom stereocenters. The topological polar surface area (TPSA) is 119 Å². The van der Waals surface area contributed by atoms with Crippen LogP contribution in [0, 0.1) is 0 Å². The van der Waals surface area contributed by atoms with Gasteiger partial charge in [0, 0.05) is 0 Å². The number of hydrogen-bond acceptors (Lipinski definition) is 7. The molecule has 1 atom stereocenters. The molecular weight excluding hydrogens is 374 g/mol. The van der Waals surface area contributed by atoms with E-state index in [2.05, 4.69) is 25.8 Å². The average Bonchev–Trinajstić information content (AvgIpc) is 3.44. The second-order valence-electron chi connectivity index (χ2n) is 6.83. The van der Waals surface area contributed by atoms with Crippen LogP contribution in [0.5, 0.6) is 0 Å². The number of hydrogen-bond donors (Lipinski definition) is 1. The van der Waals surface area contributed by atoms with E-state index >= 15 is 0 Å². The highest BCUT2D eigenvalue weighted by Crippen LogP contribution is 2.31. The van der Waals surface area contributed by atoms with Gasteiger partial charge in [-0.3, -0.25) is 9.69 Å². The van der Waals surface area contributed by atoms with Crippen molar-refractivity contribution >= 4 is 23.0 Å². The first-order valence-corrected chi connectivity index (χ1v) is 8.87. The summed E-state index contributed by atoms with van der Waals surface area (Å²) in [5.74, 6) is -0.0972. The zero-order chi connectivity index (χ0) is 20.0. The highest BCUT2D eigenvalue weighted by Gasteiger charge is 2.49. The summed E-state index contributed by atoms with van der Waals surface area (Å²) in [7, 11) is 0. The second-order valence-corrected chi connectivity index (χ2v) is 6.83. The molecule has 29 heavy (non-hydrogen) atoms. The Morgan fingerprint density at radius 2 is 2.00 bits per heavy atom. The third kappa shape index (κ3) is 2.73. The lowest BCUT2D eigenvalue weighted by Gasteiger charge is -2.22. The first-order chi connectivity index (χ1) is 14.0. The van der Waals surface area contributed by atoms with Crippen LogP contribution in [-0.2, 0) is 16.9 Å². The van der Waals surface area contributed by atoms with Gasteiger partial charge in [0.15, 0.2) is 5.58 Å². The number of imide groups is 1. The minimum atomic E-state index is -1.23. The molecule has 3 amide bonds. The van der Waals surface area contributed by atoms with Gasteiger partial charge in [-0.15, -0.1) is 5.10 Å². The highest BCUT2D eigenvalue weighted by molar-refractivity contribution is 6.07. The number of oxazole rings is 1. The Morgan fingerprint density at radius 3 is 2.79 bits per heavy atom. The van der Waals surface area contributed by atoms with E-state index in [1.165, 1.54) is 11.0 Å². The maximum absolute atomic E-state index is 13.2. The summed E-state index contributed by atoms with van der Waals surface area (Å²) >= 11 is 0. The van der Waals surface area contributed by atoms with Gasteiger partial charge in [0.2, 0.25) is 5.89 Å². The van der Waals surface area contributed by atoms with Crippen LogP contribution < -0.4 is 5.32 Å². The molecule has 2 aromatic carbocycles. The van der Waals surface area contributed by atoms with Crippen molar-refractivity contribution in [1.82, 2.24) is 35.4 Å². The summed E-state index contributed by atoms with van der Waals surface area (Å²) in [6.45, 7) is 1.61. The molecule has 2 aromatic heterocycles. The van der Waals surface area contributed by atoms with E-state index in [4.69, 9.17) is 4.42 Å². The summed E-state index contributed by atoms with van der Waals surface area (Å²) in [4.78, 5) is 31.2. The van der Waals surface area contributed by atoms with Crippen molar-refractivity contribution < 1.29 is 14.0 Å². The number of nitrogens with zero attached hydrogens (tertiary/aromatic N) is 6. The lowest BCUT2D eigenvalue weighted by Crippen LogP contribution is -2.40. The smallest absolute Gasteiger partial charge is 0.325 e. The number of carbonyl (C=O) groups excluding carboxylic acids is 2. The minimum Gasteiger partial charge on any atom is -0.439 e. The molecule has 1 aliphatic rings. The number of amides is 3. The van der Waals surface area contributed by atoms with Gasteiger partial charge in [-0.05, 0) is 47.2 Å². The standard InChI is InChI=1S/C19H15N7O3/c1-19(12-5-4-6-13(9-12)26-11-20-23-24-26)17(27)25(18(28)22-19)10-16-21-14-7-2-3-8-15(14)29-16/h2-9,11H,10H2,1H3,(H,22,28)/t19-/m0/s1. The lowest BCUT2D eigenvalue weighted by atomic mass is 9.91. The summed E-state index contributed by atoms with van der Waals surface area (Å²) in [6, 6.07) is 13.9. The first-order valence-electron chi connectivity index (χ1n) is 8.87. The van der Waals surface area contributed by atoms with Crippen molar-refractivity contribution in [2.24, 2.45) is 0 Å². The van der Waals surface area contributed by atoms with Crippen molar-refractivity contribution in [1.29, 1.82) is 0 Å². The SMILES string of the molecule is C[C@@]1(c2cccc(-n3cnnn3)c2)NC(=O)N(Cc2nc3ccccc3o2)C1=O. The summed E-state index contributed by atoms with van der Waals surface area (Å²) in [6.07, 6.45) is 1.45. The number of tetrazole rings is 1. The van der Waals surface area contributed by atoms with E-state index in [9.17, 15) is 9.59 Å². The van der Waals surface area contributed by atoms with Gasteiger partial charge in [-0.25, -0.2) is 14.5 Å². The maximum atomic E-state index is 13.2. The van der Waals surface area contributed by atoms with Gasteiger partial charge < -0.3 is 9.73 Å². The molecule has 3 heterocycles. The van der Waals surface area contributed by atoms with Gasteiger partial charge in [-0.1, -0.05) is 24.3 Å². The van der Waals surface area contributed by atoms with Crippen LogP contribution >= 0.6 is 0 Å². The van der Waals surface area contributed by atoms with Crippen LogP contribution in [0.4, 0.5) is 4.79 Å². The molecule has 1 saturated heterocycles. The molecule has 0 aliphatic carbocycles. The van der Waals surface area contributed by atoms with E-state index in [-0.39, 0.29) is 6.54 Å². The molecule has 0 bridgehead atoms. The van der Waals surface area contributed by atoms with Crippen molar-refractivity contribution in [3.63, 3.8) is 0 Å². The molecule has 10 nitrogen and oxygen atoms in total. The fourth-order valence-corrected chi connectivity index (χ4v) is 3.40. The molecule has 144 valence electrons. The number of urea groups is 1. The Balaban J connectivity index is 1.45. The Morgan fingerprint density at radius 1 is 1.14 bits per heavy atom. The molecule has 0 spiro atoms. The molecule has 10 heteroatoms. The van der Waals surface area contributed by atoms with Crippen LogP contribution in [0.3, 0.4) is 0 Å². The number of rotatable bonds is 4. The maximum Gasteiger partial charge on any atom is 0.325 e. The van der Waals surface area contributed by atoms with Gasteiger partial charge in [0.1, 0.15) is 23.9 Å². The number of para-hydroxylation sites is 2. The van der Waals surface area contributed by atoms with Crippen molar-refractivity contribution in [3.8, 4) is 5.69 Å². The van der Waals surface area contributed by atoms with Crippen LogP contribution in [0.1, 0.15) is 18.4 Å². The largest absolute Gasteiger partial charge is 0.439 e. The van der Waals surface area contributed by atoms with Crippen molar-refractivity contribution in [3.05, 3.63) is 66.3 Å². The van der Waals surface area contributed by atoms with E-state index in [0.717, 1.165) is 4.90 Å². The normalized spacial score (nSPS) is 19.1. The predicted molar refractivity (Wildman–Crippen MR) is 99.6 cm³/mol. The Hall–Kier alpha value is -4.08. The third-order valence-corrected chi connectivity index (χ3v) is 4.94. The Labute approximate surface area is 164 Å². The Kier molecular flexibility index (Phi) is 3.66. The summed E-state index contributed by atoms with van der Waals surface area (Å²) in [5, 5.41) is 13.9. The molecule has 1 N–H and O–H groups in total.